The van der Waals surface area contributed by atoms with E-state index in [1.165, 1.54) is 5.56 Å². The Kier molecular flexibility index (Phi) is 6.01. The molecule has 2 aromatic rings. The maximum Gasteiger partial charge on any atom is 0.414 e. The Bertz CT molecular complexity index is 628. The highest BCUT2D eigenvalue weighted by molar-refractivity contribution is 9.10. The normalized spacial score (nSPS) is 12.2. The van der Waals surface area contributed by atoms with Crippen LogP contribution in [0.15, 0.2) is 53.0 Å². The number of anilines is 1. The van der Waals surface area contributed by atoms with Crippen molar-refractivity contribution in [1.82, 2.24) is 0 Å². The van der Waals surface area contributed by atoms with E-state index < -0.39 is 0 Å². The third-order valence-corrected chi connectivity index (χ3v) is 4.14. The molecular weight excluding hydrogens is 342 g/mol. The molecule has 0 bridgehead atoms. The first-order valence-electron chi connectivity index (χ1n) is 7.51. The van der Waals surface area contributed by atoms with Gasteiger partial charge in [-0.3, -0.25) is 4.90 Å². The molecule has 2 aromatic carbocycles. The van der Waals surface area contributed by atoms with Gasteiger partial charge < -0.3 is 4.74 Å². The Morgan fingerprint density at radius 2 is 1.86 bits per heavy atom. The van der Waals surface area contributed by atoms with Crippen LogP contribution in [0, 0.1) is 0 Å². The molecule has 0 spiro atoms. The van der Waals surface area contributed by atoms with E-state index in [1.54, 1.807) is 4.90 Å². The minimum absolute atomic E-state index is 0.286. The number of hydrogen-bond acceptors (Lipinski definition) is 2. The maximum atomic E-state index is 12.2. The number of hydrogen-bond donors (Lipinski definition) is 0. The van der Waals surface area contributed by atoms with Crippen molar-refractivity contribution in [1.29, 1.82) is 0 Å². The summed E-state index contributed by atoms with van der Waals surface area (Å²) in [6.45, 7) is 4.98. The van der Waals surface area contributed by atoms with Gasteiger partial charge in [0.15, 0.2) is 0 Å². The molecule has 1 aliphatic rings. The zero-order valence-electron chi connectivity index (χ0n) is 12.9. The second-order valence-electron chi connectivity index (χ2n) is 4.68. The fourth-order valence-corrected chi connectivity index (χ4v) is 2.93. The van der Waals surface area contributed by atoms with Crippen LogP contribution in [0.5, 0.6) is 0 Å². The first kappa shape index (κ1) is 16.6. The molecular formula is C18H20BrNO2. The number of benzene rings is 2. The quantitative estimate of drug-likeness (QED) is 0.737. The number of rotatable bonds is 2. The van der Waals surface area contributed by atoms with Crippen LogP contribution in [0.25, 0.3) is 0 Å². The molecule has 0 N–H and O–H groups in total. The summed E-state index contributed by atoms with van der Waals surface area (Å²) in [6, 6.07) is 15.6. The Morgan fingerprint density at radius 1 is 1.14 bits per heavy atom. The van der Waals surface area contributed by atoms with Crippen molar-refractivity contribution in [2.75, 3.05) is 11.4 Å². The van der Waals surface area contributed by atoms with Gasteiger partial charge in [0.2, 0.25) is 0 Å². The van der Waals surface area contributed by atoms with Crippen LogP contribution in [0.2, 0.25) is 0 Å². The molecule has 0 aliphatic carbocycles. The van der Waals surface area contributed by atoms with Crippen LogP contribution < -0.4 is 4.90 Å². The van der Waals surface area contributed by atoms with Gasteiger partial charge >= 0.3 is 6.09 Å². The Morgan fingerprint density at radius 3 is 2.59 bits per heavy atom. The van der Waals surface area contributed by atoms with E-state index in [-0.39, 0.29) is 6.09 Å². The zero-order chi connectivity index (χ0) is 15.9. The zero-order valence-corrected chi connectivity index (χ0v) is 14.5. The Hall–Kier alpha value is -1.81. The summed E-state index contributed by atoms with van der Waals surface area (Å²) < 4.78 is 6.43. The van der Waals surface area contributed by atoms with E-state index in [4.69, 9.17) is 4.74 Å². The monoisotopic (exact) mass is 361 g/mol. The SMILES string of the molecule is CC.O=C(OCc1ccccc1)N1CCc2c(Br)cccc21. The molecule has 0 radical (unpaired) electrons. The summed E-state index contributed by atoms with van der Waals surface area (Å²) in [7, 11) is 0. The lowest BCUT2D eigenvalue weighted by Gasteiger charge is -2.17. The summed E-state index contributed by atoms with van der Waals surface area (Å²) in [5, 5.41) is 0. The van der Waals surface area contributed by atoms with Crippen LogP contribution in [-0.2, 0) is 17.8 Å². The molecule has 1 heterocycles. The van der Waals surface area contributed by atoms with Gasteiger partial charge in [-0.15, -0.1) is 0 Å². The van der Waals surface area contributed by atoms with Crippen LogP contribution in [0.3, 0.4) is 0 Å². The molecule has 1 amide bonds. The highest BCUT2D eigenvalue weighted by Crippen LogP contribution is 2.33. The molecule has 4 heteroatoms. The second-order valence-corrected chi connectivity index (χ2v) is 5.53. The van der Waals surface area contributed by atoms with Crippen molar-refractivity contribution in [2.24, 2.45) is 0 Å². The number of halogens is 1. The van der Waals surface area contributed by atoms with E-state index in [0.29, 0.717) is 13.2 Å². The highest BCUT2D eigenvalue weighted by atomic mass is 79.9. The smallest absolute Gasteiger partial charge is 0.414 e. The second kappa shape index (κ2) is 7.99. The predicted molar refractivity (Wildman–Crippen MR) is 93.2 cm³/mol. The van der Waals surface area contributed by atoms with Crippen molar-refractivity contribution in [3.63, 3.8) is 0 Å². The third-order valence-electron chi connectivity index (χ3n) is 3.40. The van der Waals surface area contributed by atoms with Gasteiger partial charge in [-0.25, -0.2) is 4.79 Å². The van der Waals surface area contributed by atoms with Crippen molar-refractivity contribution < 1.29 is 9.53 Å². The van der Waals surface area contributed by atoms with E-state index in [2.05, 4.69) is 15.9 Å². The van der Waals surface area contributed by atoms with Crippen molar-refractivity contribution >= 4 is 27.7 Å². The first-order valence-corrected chi connectivity index (χ1v) is 8.30. The van der Waals surface area contributed by atoms with Crippen LogP contribution in [0.1, 0.15) is 25.0 Å². The molecule has 22 heavy (non-hydrogen) atoms. The van der Waals surface area contributed by atoms with E-state index in [1.807, 2.05) is 62.4 Å². The lowest BCUT2D eigenvalue weighted by Crippen LogP contribution is -2.29. The number of fused-ring (bicyclic) bond motifs is 1. The number of ether oxygens (including phenoxy) is 1. The average Bonchev–Trinajstić information content (AvgIpc) is 3.01. The number of nitrogens with zero attached hydrogens (tertiary/aromatic N) is 1. The average molecular weight is 362 g/mol. The molecule has 116 valence electrons. The van der Waals surface area contributed by atoms with Gasteiger partial charge in [-0.2, -0.15) is 0 Å². The predicted octanol–water partition coefficient (Wildman–Crippen LogP) is 5.17. The fourth-order valence-electron chi connectivity index (χ4n) is 2.38. The standard InChI is InChI=1S/C16H14BrNO2.C2H6/c17-14-7-4-8-15-13(14)9-10-18(15)16(19)20-11-12-5-2-1-3-6-12;1-2/h1-8H,9-11H2;1-2H3. The molecule has 0 saturated heterocycles. The van der Waals surface area contributed by atoms with Crippen LogP contribution in [-0.4, -0.2) is 12.6 Å². The molecule has 0 unspecified atom stereocenters. The summed E-state index contributed by atoms with van der Waals surface area (Å²) in [4.78, 5) is 13.9. The van der Waals surface area contributed by atoms with Crippen molar-refractivity contribution in [2.45, 2.75) is 26.9 Å². The number of carbonyl (C=O) groups excluding carboxylic acids is 1. The van der Waals surface area contributed by atoms with Crippen LogP contribution >= 0.6 is 15.9 Å². The summed E-state index contributed by atoms with van der Waals surface area (Å²) in [5.74, 6) is 0. The van der Waals surface area contributed by atoms with Gasteiger partial charge in [0.25, 0.3) is 0 Å². The molecule has 0 atom stereocenters. The molecule has 1 aliphatic heterocycles. The van der Waals surface area contributed by atoms with Gasteiger partial charge in [0.05, 0.1) is 5.69 Å². The minimum atomic E-state index is -0.286. The van der Waals surface area contributed by atoms with Crippen molar-refractivity contribution in [3.05, 3.63) is 64.1 Å². The fraction of sp³-hybridized carbons (Fsp3) is 0.278. The van der Waals surface area contributed by atoms with Gasteiger partial charge in [0, 0.05) is 11.0 Å². The molecule has 0 aromatic heterocycles. The number of amides is 1. The summed E-state index contributed by atoms with van der Waals surface area (Å²) in [6.07, 6.45) is 0.572. The Balaban J connectivity index is 0.000000847. The van der Waals surface area contributed by atoms with Gasteiger partial charge in [-0.05, 0) is 29.7 Å². The van der Waals surface area contributed by atoms with Crippen LogP contribution in [0.4, 0.5) is 10.5 Å². The lowest BCUT2D eigenvalue weighted by atomic mass is 10.2. The third kappa shape index (κ3) is 3.69. The van der Waals surface area contributed by atoms with Gasteiger partial charge in [0.1, 0.15) is 6.61 Å². The summed E-state index contributed by atoms with van der Waals surface area (Å²) in [5.41, 5.74) is 3.11. The molecule has 0 saturated carbocycles. The first-order chi connectivity index (χ1) is 10.8. The van der Waals surface area contributed by atoms with E-state index in [0.717, 1.165) is 22.1 Å². The Labute approximate surface area is 140 Å². The summed E-state index contributed by atoms with van der Waals surface area (Å²) >= 11 is 3.52. The topological polar surface area (TPSA) is 29.5 Å². The minimum Gasteiger partial charge on any atom is -0.444 e. The molecule has 3 rings (SSSR count). The lowest BCUT2D eigenvalue weighted by molar-refractivity contribution is 0.147. The molecule has 0 fully saturated rings. The highest BCUT2D eigenvalue weighted by Gasteiger charge is 2.26. The van der Waals surface area contributed by atoms with E-state index in [9.17, 15) is 4.79 Å². The largest absolute Gasteiger partial charge is 0.444 e. The van der Waals surface area contributed by atoms with Gasteiger partial charge in [-0.1, -0.05) is 66.2 Å². The van der Waals surface area contributed by atoms with Crippen molar-refractivity contribution in [3.8, 4) is 0 Å². The maximum absolute atomic E-state index is 12.2. The number of carbonyl (C=O) groups is 1. The van der Waals surface area contributed by atoms with E-state index >= 15 is 0 Å². The molecule has 3 nitrogen and oxygen atoms in total.